The first kappa shape index (κ1) is 60.4. The molecule has 9 amide bonds. The molecule has 27 nitrogen and oxygen atoms in total. The largest absolute Gasteiger partial charge is 0.481 e. The van der Waals surface area contributed by atoms with E-state index in [1.54, 1.807) is 34.6 Å². The zero-order valence-electron chi connectivity index (χ0n) is 38.8. The SMILES string of the molecule is CC[C@H](C)[C@H](NC(=O)[C@H](CCC(=O)O)NC(=O)[C@H](CCC(N)=O)NC(=O)[C@@H](NC(=O)[C@@H](N)CO)C(C)C)C(=O)N[C@@H](CC(N)=O)C(=O)N[C@@H](CCCNC(=N)N)C(=O)N[C@@H](CC(C)C)C(=O)O. The quantitative estimate of drug-likeness (QED) is 0.0166. The number of nitrogens with one attached hydrogen (secondary N) is 9. The summed E-state index contributed by atoms with van der Waals surface area (Å²) in [5.74, 6) is -13.7. The third kappa shape index (κ3) is 23.9. The minimum Gasteiger partial charge on any atom is -0.481 e. The van der Waals surface area contributed by atoms with Gasteiger partial charge in [0, 0.05) is 19.4 Å². The number of carbonyl (C=O) groups is 11. The summed E-state index contributed by atoms with van der Waals surface area (Å²) in [5, 5.41) is 55.0. The van der Waals surface area contributed by atoms with Crippen LogP contribution in [0.3, 0.4) is 0 Å². The van der Waals surface area contributed by atoms with Crippen LogP contribution in [0.25, 0.3) is 0 Å². The number of nitrogens with two attached hydrogens (primary N) is 4. The average Bonchev–Trinajstić information content (AvgIpc) is 3.23. The Kier molecular flexibility index (Phi) is 27.5. The molecule has 0 aliphatic heterocycles. The molecule has 27 heteroatoms. The Morgan fingerprint density at radius 3 is 1.46 bits per heavy atom. The van der Waals surface area contributed by atoms with Gasteiger partial charge < -0.3 is 80.8 Å². The van der Waals surface area contributed by atoms with Crippen molar-refractivity contribution in [1.82, 2.24) is 42.5 Å². The summed E-state index contributed by atoms with van der Waals surface area (Å²) in [4.78, 5) is 142. The molecule has 0 aliphatic rings. The summed E-state index contributed by atoms with van der Waals surface area (Å²) >= 11 is 0. The number of carboxylic acids is 2. The van der Waals surface area contributed by atoms with Crippen molar-refractivity contribution < 1.29 is 68.1 Å². The van der Waals surface area contributed by atoms with E-state index in [1.165, 1.54) is 6.92 Å². The molecular weight excluding hydrogens is 887 g/mol. The molecule has 0 radical (unpaired) electrons. The summed E-state index contributed by atoms with van der Waals surface area (Å²) in [7, 11) is 0. The van der Waals surface area contributed by atoms with Gasteiger partial charge in [0.15, 0.2) is 5.96 Å². The molecule has 20 N–H and O–H groups in total. The van der Waals surface area contributed by atoms with Crippen LogP contribution in [0.1, 0.15) is 99.3 Å². The molecule has 0 saturated heterocycles. The molecule has 67 heavy (non-hydrogen) atoms. The summed E-state index contributed by atoms with van der Waals surface area (Å²) in [5.41, 5.74) is 21.6. The molecule has 0 aromatic rings. The second-order valence-corrected chi connectivity index (χ2v) is 16.8. The third-order valence-corrected chi connectivity index (χ3v) is 10.1. The van der Waals surface area contributed by atoms with Gasteiger partial charge in [-0.1, -0.05) is 48.0 Å². The van der Waals surface area contributed by atoms with E-state index in [2.05, 4.69) is 42.5 Å². The van der Waals surface area contributed by atoms with Crippen molar-refractivity contribution in [2.24, 2.45) is 40.7 Å². The number of carbonyl (C=O) groups excluding carboxylic acids is 9. The summed E-state index contributed by atoms with van der Waals surface area (Å²) in [6.45, 7) is 9.04. The molecule has 0 heterocycles. The Hall–Kier alpha value is -6.64. The first-order valence-electron chi connectivity index (χ1n) is 21.7. The molecule has 0 fully saturated rings. The van der Waals surface area contributed by atoms with Crippen molar-refractivity contribution in [3.8, 4) is 0 Å². The number of primary amides is 2. The summed E-state index contributed by atoms with van der Waals surface area (Å²) in [6.07, 6.45) is -2.77. The maximum atomic E-state index is 14.0. The Balaban J connectivity index is 6.73. The maximum Gasteiger partial charge on any atom is 0.326 e. The average molecular weight is 958 g/mol. The minimum atomic E-state index is -1.78. The lowest BCUT2D eigenvalue weighted by Crippen LogP contribution is -2.61. The monoisotopic (exact) mass is 958 g/mol. The van der Waals surface area contributed by atoms with Crippen LogP contribution < -0.4 is 65.5 Å². The number of aliphatic hydroxyl groups excluding tert-OH is 1. The number of amides is 9. The number of carboxylic acid groups (broad SMARTS) is 2. The predicted octanol–water partition coefficient (Wildman–Crippen LogP) is -5.20. The zero-order chi connectivity index (χ0) is 51.7. The fourth-order valence-corrected chi connectivity index (χ4v) is 6.17. The molecule has 0 bridgehead atoms. The normalized spacial score (nSPS) is 15.1. The van der Waals surface area contributed by atoms with Crippen molar-refractivity contribution in [3.05, 3.63) is 0 Å². The Morgan fingerprint density at radius 2 is 1.01 bits per heavy atom. The van der Waals surface area contributed by atoms with E-state index >= 15 is 0 Å². The molecule has 0 saturated carbocycles. The Morgan fingerprint density at radius 1 is 0.567 bits per heavy atom. The van der Waals surface area contributed by atoms with Crippen LogP contribution in [0.4, 0.5) is 0 Å². The molecule has 9 atom stereocenters. The number of aliphatic hydroxyl groups is 1. The van der Waals surface area contributed by atoms with Crippen LogP contribution in [0, 0.1) is 23.2 Å². The molecular formula is C40H71N13O14. The van der Waals surface area contributed by atoms with Crippen LogP contribution in [0.5, 0.6) is 0 Å². The smallest absolute Gasteiger partial charge is 0.326 e. The van der Waals surface area contributed by atoms with E-state index in [9.17, 15) is 68.1 Å². The molecule has 0 aliphatic carbocycles. The standard InChI is InChI=1S/C40H71N13O14/c1-7-20(6)31(38(65)50-25(16-28(43)56)36(63)47-22(9-8-14-46-40(44)45)33(60)51-26(39(66)67)15-18(2)3)53-35(62)24(11-13-29(57)58)48-34(61)23(10-12-27(42)55)49-37(64)30(19(4)5)52-32(59)21(41)17-54/h18-26,30-31,54H,7-17,41H2,1-6H3,(H2,42,55)(H2,43,56)(H,47,63)(H,48,61)(H,49,64)(H,50,65)(H,51,60)(H,52,59)(H,53,62)(H,57,58)(H,66,67)(H4,44,45,46)/t20-,21-,22-,23-,24-,25-,26-,30-,31-/m0/s1. The number of guanidine groups is 1. The number of hydrogen-bond donors (Lipinski definition) is 16. The molecule has 380 valence electrons. The van der Waals surface area contributed by atoms with Gasteiger partial charge in [-0.25, -0.2) is 4.79 Å². The summed E-state index contributed by atoms with van der Waals surface area (Å²) < 4.78 is 0. The first-order valence-corrected chi connectivity index (χ1v) is 21.7. The van der Waals surface area contributed by atoms with Gasteiger partial charge in [-0.3, -0.25) is 53.4 Å². The van der Waals surface area contributed by atoms with Crippen LogP contribution in [0.2, 0.25) is 0 Å². The molecule has 0 spiro atoms. The van der Waals surface area contributed by atoms with Crippen LogP contribution in [0.15, 0.2) is 0 Å². The van der Waals surface area contributed by atoms with Gasteiger partial charge in [0.2, 0.25) is 53.2 Å². The molecule has 0 aromatic carbocycles. The minimum absolute atomic E-state index is 0.0340. The van der Waals surface area contributed by atoms with Crippen molar-refractivity contribution in [1.29, 1.82) is 5.41 Å². The lowest BCUT2D eigenvalue weighted by Gasteiger charge is -2.30. The third-order valence-electron chi connectivity index (χ3n) is 10.1. The number of aliphatic carboxylic acids is 2. The fourth-order valence-electron chi connectivity index (χ4n) is 6.17. The Bertz CT molecular complexity index is 1760. The highest BCUT2D eigenvalue weighted by Gasteiger charge is 2.36. The van der Waals surface area contributed by atoms with E-state index in [-0.39, 0.29) is 44.1 Å². The van der Waals surface area contributed by atoms with Gasteiger partial charge in [0.05, 0.1) is 13.0 Å². The van der Waals surface area contributed by atoms with Crippen molar-refractivity contribution in [2.75, 3.05) is 13.2 Å². The highest BCUT2D eigenvalue weighted by Crippen LogP contribution is 2.13. The van der Waals surface area contributed by atoms with Crippen LogP contribution in [-0.2, 0) is 52.7 Å². The van der Waals surface area contributed by atoms with Crippen molar-refractivity contribution >= 4 is 71.1 Å². The lowest BCUT2D eigenvalue weighted by atomic mass is 9.96. The van der Waals surface area contributed by atoms with Gasteiger partial charge in [-0.05, 0) is 49.9 Å². The first-order chi connectivity index (χ1) is 31.1. The van der Waals surface area contributed by atoms with E-state index in [1.807, 2.05) is 0 Å². The van der Waals surface area contributed by atoms with E-state index in [4.69, 9.17) is 28.3 Å². The number of rotatable bonds is 33. The zero-order valence-corrected chi connectivity index (χ0v) is 38.8. The predicted molar refractivity (Wildman–Crippen MR) is 238 cm³/mol. The highest BCUT2D eigenvalue weighted by molar-refractivity contribution is 5.99. The molecule has 0 rings (SSSR count). The Labute approximate surface area is 388 Å². The van der Waals surface area contributed by atoms with Gasteiger partial charge in [-0.2, -0.15) is 0 Å². The van der Waals surface area contributed by atoms with Crippen LogP contribution in [-0.4, -0.2) is 148 Å². The highest BCUT2D eigenvalue weighted by atomic mass is 16.4. The van der Waals surface area contributed by atoms with Crippen LogP contribution >= 0.6 is 0 Å². The topological polar surface area (TPSA) is 473 Å². The van der Waals surface area contributed by atoms with Gasteiger partial charge in [-0.15, -0.1) is 0 Å². The van der Waals surface area contributed by atoms with Gasteiger partial charge in [0.25, 0.3) is 0 Å². The van der Waals surface area contributed by atoms with E-state index in [0.29, 0.717) is 0 Å². The molecule has 0 unspecified atom stereocenters. The number of hydrogen-bond acceptors (Lipinski definition) is 14. The van der Waals surface area contributed by atoms with Gasteiger partial charge >= 0.3 is 11.9 Å². The second-order valence-electron chi connectivity index (χ2n) is 16.8. The molecule has 0 aromatic heterocycles. The van der Waals surface area contributed by atoms with E-state index in [0.717, 1.165) is 0 Å². The van der Waals surface area contributed by atoms with Crippen molar-refractivity contribution in [3.63, 3.8) is 0 Å². The van der Waals surface area contributed by atoms with Gasteiger partial charge in [0.1, 0.15) is 48.3 Å². The lowest BCUT2D eigenvalue weighted by molar-refractivity contribution is -0.143. The maximum absolute atomic E-state index is 14.0. The van der Waals surface area contributed by atoms with E-state index < -0.39 is 164 Å². The van der Waals surface area contributed by atoms with Crippen molar-refractivity contribution in [2.45, 2.75) is 148 Å². The fraction of sp³-hybridized carbons (Fsp3) is 0.700. The summed E-state index contributed by atoms with van der Waals surface area (Å²) in [6, 6.07) is -12.1. The second kappa shape index (κ2) is 30.5.